The van der Waals surface area contributed by atoms with E-state index in [0.29, 0.717) is 0 Å². The molecule has 0 nitrogen and oxygen atoms in total. The SMILES string of the molecule is Clc1ccc(C2=CCCC=C2)cc1. The van der Waals surface area contributed by atoms with Crippen LogP contribution in [0.1, 0.15) is 18.4 Å². The molecule has 0 heterocycles. The summed E-state index contributed by atoms with van der Waals surface area (Å²) in [5, 5.41) is 0.795. The molecule has 0 spiro atoms. The second-order valence-corrected chi connectivity index (χ2v) is 3.58. The lowest BCUT2D eigenvalue weighted by molar-refractivity contribution is 1.04. The van der Waals surface area contributed by atoms with Crippen molar-refractivity contribution in [3.63, 3.8) is 0 Å². The Morgan fingerprint density at radius 1 is 1.00 bits per heavy atom. The quantitative estimate of drug-likeness (QED) is 0.626. The van der Waals surface area contributed by atoms with Crippen molar-refractivity contribution >= 4 is 17.2 Å². The van der Waals surface area contributed by atoms with Crippen LogP contribution in [-0.4, -0.2) is 0 Å². The fourth-order valence-electron chi connectivity index (χ4n) is 1.47. The summed E-state index contributed by atoms with van der Waals surface area (Å²) in [6.45, 7) is 0. The Bertz CT molecular complexity index is 344. The first-order chi connectivity index (χ1) is 6.36. The van der Waals surface area contributed by atoms with Crippen LogP contribution in [0, 0.1) is 0 Å². The van der Waals surface area contributed by atoms with Gasteiger partial charge in [0.15, 0.2) is 0 Å². The van der Waals surface area contributed by atoms with Gasteiger partial charge >= 0.3 is 0 Å². The van der Waals surface area contributed by atoms with Crippen LogP contribution in [-0.2, 0) is 0 Å². The fraction of sp³-hybridized carbons (Fsp3) is 0.167. The third kappa shape index (κ3) is 2.02. The molecule has 0 bridgehead atoms. The van der Waals surface area contributed by atoms with Gasteiger partial charge in [0.25, 0.3) is 0 Å². The van der Waals surface area contributed by atoms with E-state index >= 15 is 0 Å². The summed E-state index contributed by atoms with van der Waals surface area (Å²) in [6.07, 6.45) is 8.96. The van der Waals surface area contributed by atoms with Crippen molar-refractivity contribution in [3.8, 4) is 0 Å². The highest BCUT2D eigenvalue weighted by Crippen LogP contribution is 2.22. The van der Waals surface area contributed by atoms with Crippen LogP contribution in [0.4, 0.5) is 0 Å². The molecular weight excluding hydrogens is 180 g/mol. The van der Waals surface area contributed by atoms with Crippen molar-refractivity contribution in [2.75, 3.05) is 0 Å². The largest absolute Gasteiger partial charge is 0.0843 e. The highest BCUT2D eigenvalue weighted by molar-refractivity contribution is 6.30. The molecule has 0 N–H and O–H groups in total. The number of allylic oxidation sites excluding steroid dienone is 4. The molecule has 1 aromatic carbocycles. The molecule has 0 amide bonds. The van der Waals surface area contributed by atoms with Gasteiger partial charge in [0, 0.05) is 5.02 Å². The highest BCUT2D eigenvalue weighted by atomic mass is 35.5. The molecule has 0 radical (unpaired) electrons. The summed E-state index contributed by atoms with van der Waals surface area (Å²) in [4.78, 5) is 0. The van der Waals surface area contributed by atoms with Crippen LogP contribution < -0.4 is 0 Å². The van der Waals surface area contributed by atoms with E-state index in [-0.39, 0.29) is 0 Å². The van der Waals surface area contributed by atoms with Gasteiger partial charge in [-0.15, -0.1) is 0 Å². The Balaban J connectivity index is 2.30. The number of halogens is 1. The first kappa shape index (κ1) is 8.58. The van der Waals surface area contributed by atoms with E-state index in [1.807, 2.05) is 12.1 Å². The Hall–Kier alpha value is -1.01. The first-order valence-electron chi connectivity index (χ1n) is 4.49. The lowest BCUT2D eigenvalue weighted by Gasteiger charge is -2.06. The average Bonchev–Trinajstić information content (AvgIpc) is 2.20. The van der Waals surface area contributed by atoms with Gasteiger partial charge in [-0.2, -0.15) is 0 Å². The van der Waals surface area contributed by atoms with Gasteiger partial charge in [0.2, 0.25) is 0 Å². The van der Waals surface area contributed by atoms with Crippen molar-refractivity contribution in [1.29, 1.82) is 0 Å². The molecule has 13 heavy (non-hydrogen) atoms. The van der Waals surface area contributed by atoms with Crippen molar-refractivity contribution in [3.05, 3.63) is 53.1 Å². The molecule has 0 aliphatic heterocycles. The predicted octanol–water partition coefficient (Wildman–Crippen LogP) is 4.07. The third-order valence-electron chi connectivity index (χ3n) is 2.17. The van der Waals surface area contributed by atoms with E-state index in [1.54, 1.807) is 0 Å². The van der Waals surface area contributed by atoms with E-state index in [9.17, 15) is 0 Å². The van der Waals surface area contributed by atoms with Crippen molar-refractivity contribution in [1.82, 2.24) is 0 Å². The molecule has 0 aromatic heterocycles. The Kier molecular flexibility index (Phi) is 2.51. The minimum Gasteiger partial charge on any atom is -0.0843 e. The van der Waals surface area contributed by atoms with Gasteiger partial charge in [-0.25, -0.2) is 0 Å². The van der Waals surface area contributed by atoms with Crippen LogP contribution in [0.25, 0.3) is 5.57 Å². The number of hydrogen-bond donors (Lipinski definition) is 0. The molecule has 0 saturated carbocycles. The lowest BCUT2D eigenvalue weighted by Crippen LogP contribution is -1.84. The van der Waals surface area contributed by atoms with Crippen LogP contribution in [0.5, 0.6) is 0 Å². The van der Waals surface area contributed by atoms with Crippen LogP contribution in [0.15, 0.2) is 42.5 Å². The smallest absolute Gasteiger partial charge is 0.0406 e. The number of hydrogen-bond acceptors (Lipinski definition) is 0. The van der Waals surface area contributed by atoms with E-state index in [1.165, 1.54) is 11.1 Å². The molecule has 0 fully saturated rings. The second-order valence-electron chi connectivity index (χ2n) is 3.15. The Labute approximate surface area is 83.5 Å². The molecule has 0 saturated heterocycles. The summed E-state index contributed by atoms with van der Waals surface area (Å²) < 4.78 is 0. The van der Waals surface area contributed by atoms with Gasteiger partial charge in [-0.1, -0.05) is 42.0 Å². The van der Waals surface area contributed by atoms with Gasteiger partial charge in [0.05, 0.1) is 0 Å². The second kappa shape index (κ2) is 3.80. The molecule has 1 heteroatoms. The molecule has 66 valence electrons. The predicted molar refractivity (Wildman–Crippen MR) is 57.8 cm³/mol. The van der Waals surface area contributed by atoms with E-state index < -0.39 is 0 Å². The van der Waals surface area contributed by atoms with Crippen LogP contribution >= 0.6 is 11.6 Å². The van der Waals surface area contributed by atoms with Crippen molar-refractivity contribution < 1.29 is 0 Å². The molecule has 1 aromatic rings. The normalized spacial score (nSPS) is 15.6. The standard InChI is InChI=1S/C12H11Cl/c13-12-8-6-11(7-9-12)10-4-2-1-3-5-10/h2,4-9H,1,3H2. The summed E-state index contributed by atoms with van der Waals surface area (Å²) in [5.41, 5.74) is 2.56. The summed E-state index contributed by atoms with van der Waals surface area (Å²) in [7, 11) is 0. The average molecular weight is 191 g/mol. The van der Waals surface area contributed by atoms with Crippen molar-refractivity contribution in [2.24, 2.45) is 0 Å². The minimum absolute atomic E-state index is 0.795. The van der Waals surface area contributed by atoms with Gasteiger partial charge in [-0.05, 0) is 36.1 Å². The molecule has 1 aliphatic rings. The monoisotopic (exact) mass is 190 g/mol. The molecular formula is C12H11Cl. The summed E-state index contributed by atoms with van der Waals surface area (Å²) in [5.74, 6) is 0. The summed E-state index contributed by atoms with van der Waals surface area (Å²) in [6, 6.07) is 7.98. The maximum absolute atomic E-state index is 5.81. The summed E-state index contributed by atoms with van der Waals surface area (Å²) >= 11 is 5.81. The number of benzene rings is 1. The lowest BCUT2D eigenvalue weighted by atomic mass is 10.00. The third-order valence-corrected chi connectivity index (χ3v) is 2.42. The van der Waals surface area contributed by atoms with Gasteiger partial charge in [-0.3, -0.25) is 0 Å². The molecule has 0 atom stereocenters. The van der Waals surface area contributed by atoms with E-state index in [4.69, 9.17) is 11.6 Å². The zero-order chi connectivity index (χ0) is 9.10. The maximum Gasteiger partial charge on any atom is 0.0406 e. The van der Waals surface area contributed by atoms with Crippen LogP contribution in [0.2, 0.25) is 5.02 Å². The topological polar surface area (TPSA) is 0 Å². The zero-order valence-electron chi connectivity index (χ0n) is 7.33. The van der Waals surface area contributed by atoms with Crippen LogP contribution in [0.3, 0.4) is 0 Å². The Morgan fingerprint density at radius 2 is 1.77 bits per heavy atom. The minimum atomic E-state index is 0.795. The first-order valence-corrected chi connectivity index (χ1v) is 4.87. The van der Waals surface area contributed by atoms with E-state index in [2.05, 4.69) is 30.4 Å². The Morgan fingerprint density at radius 3 is 2.38 bits per heavy atom. The number of rotatable bonds is 1. The zero-order valence-corrected chi connectivity index (χ0v) is 8.09. The molecule has 0 unspecified atom stereocenters. The molecule has 1 aliphatic carbocycles. The fourth-order valence-corrected chi connectivity index (χ4v) is 1.60. The van der Waals surface area contributed by atoms with Gasteiger partial charge < -0.3 is 0 Å². The maximum atomic E-state index is 5.81. The van der Waals surface area contributed by atoms with E-state index in [0.717, 1.165) is 17.9 Å². The highest BCUT2D eigenvalue weighted by Gasteiger charge is 1.99. The molecule has 2 rings (SSSR count). The van der Waals surface area contributed by atoms with Crippen molar-refractivity contribution in [2.45, 2.75) is 12.8 Å². The van der Waals surface area contributed by atoms with Gasteiger partial charge in [0.1, 0.15) is 0 Å².